The van der Waals surface area contributed by atoms with Gasteiger partial charge in [-0.1, -0.05) is 18.7 Å². The lowest BCUT2D eigenvalue weighted by molar-refractivity contribution is -0.128. The molecule has 2 aromatic heterocycles. The van der Waals surface area contributed by atoms with E-state index in [1.54, 1.807) is 10.3 Å². The van der Waals surface area contributed by atoms with E-state index in [4.69, 9.17) is 14.7 Å². The van der Waals surface area contributed by atoms with E-state index in [1.807, 2.05) is 18.2 Å². The highest BCUT2D eigenvalue weighted by Gasteiger charge is 2.33. The van der Waals surface area contributed by atoms with Crippen molar-refractivity contribution in [3.63, 3.8) is 0 Å². The topological polar surface area (TPSA) is 88.8 Å². The molecule has 5 heterocycles. The lowest BCUT2D eigenvalue weighted by Crippen LogP contribution is -2.55. The summed E-state index contributed by atoms with van der Waals surface area (Å²) in [5, 5.41) is 11.7. The van der Waals surface area contributed by atoms with Gasteiger partial charge in [-0.3, -0.25) is 4.79 Å². The van der Waals surface area contributed by atoms with Crippen LogP contribution < -0.4 is 14.5 Å². The van der Waals surface area contributed by atoms with E-state index in [0.717, 1.165) is 59.8 Å². The number of fused-ring (bicyclic) bond motifs is 2. The first-order chi connectivity index (χ1) is 20.0. The average molecular weight is 576 g/mol. The number of carbonyl (C=O) groups is 1. The van der Waals surface area contributed by atoms with Crippen molar-refractivity contribution in [2.45, 2.75) is 44.3 Å². The lowest BCUT2D eigenvalue weighted by Gasteiger charge is -2.42. The van der Waals surface area contributed by atoms with Crippen LogP contribution in [0.3, 0.4) is 0 Å². The standard InChI is InChI=1S/C30H34FN7O2S/c1-3-27(39)38-15-14-37(16-20(38)9-11-32)29-23-10-13-36(26-8-4-7-22-24(31)19-41-28(22)26)17-25(23)33-30(34-29)40-18-21-6-5-12-35(21)2/h3-4,7-8,19-21H,1,5-6,9-10,12-18H2,2H3/t20-,21-/m0/s1. The molecule has 0 aliphatic carbocycles. The highest BCUT2D eigenvalue weighted by Crippen LogP contribution is 2.37. The quantitative estimate of drug-likeness (QED) is 0.391. The molecule has 1 amide bonds. The summed E-state index contributed by atoms with van der Waals surface area (Å²) in [6, 6.07) is 8.43. The second-order valence-corrected chi connectivity index (χ2v) is 11.8. The number of likely N-dealkylation sites (tertiary alicyclic amines) is 1. The highest BCUT2D eigenvalue weighted by atomic mass is 32.1. The molecule has 0 N–H and O–H groups in total. The molecule has 0 spiro atoms. The fourth-order valence-electron chi connectivity index (χ4n) is 6.28. The fourth-order valence-corrected chi connectivity index (χ4v) is 7.23. The summed E-state index contributed by atoms with van der Waals surface area (Å²) in [6.07, 6.45) is 4.50. The van der Waals surface area contributed by atoms with Crippen molar-refractivity contribution < 1.29 is 13.9 Å². The number of nitrogens with zero attached hydrogens (tertiary/aromatic N) is 7. The molecule has 9 nitrogen and oxygen atoms in total. The van der Waals surface area contributed by atoms with Crippen LogP contribution >= 0.6 is 11.3 Å². The van der Waals surface area contributed by atoms with Gasteiger partial charge in [0.15, 0.2) is 0 Å². The van der Waals surface area contributed by atoms with E-state index < -0.39 is 0 Å². The van der Waals surface area contributed by atoms with Gasteiger partial charge >= 0.3 is 6.01 Å². The number of aromatic nitrogens is 2. The number of anilines is 2. The summed E-state index contributed by atoms with van der Waals surface area (Å²) in [5.41, 5.74) is 2.96. The molecule has 11 heteroatoms. The maximum Gasteiger partial charge on any atom is 0.318 e. The van der Waals surface area contributed by atoms with Crippen molar-refractivity contribution in [3.05, 3.63) is 53.3 Å². The smallest absolute Gasteiger partial charge is 0.318 e. The van der Waals surface area contributed by atoms with Crippen molar-refractivity contribution in [3.8, 4) is 12.1 Å². The molecule has 6 rings (SSSR count). The van der Waals surface area contributed by atoms with Gasteiger partial charge in [0, 0.05) is 48.6 Å². The Labute approximate surface area is 243 Å². The summed E-state index contributed by atoms with van der Waals surface area (Å²) >= 11 is 1.42. The molecule has 41 heavy (non-hydrogen) atoms. The Morgan fingerprint density at radius 2 is 2.12 bits per heavy atom. The second kappa shape index (κ2) is 11.6. The molecule has 0 saturated carbocycles. The zero-order valence-electron chi connectivity index (χ0n) is 23.3. The number of hydrogen-bond acceptors (Lipinski definition) is 9. The van der Waals surface area contributed by atoms with E-state index in [9.17, 15) is 14.4 Å². The predicted octanol–water partition coefficient (Wildman–Crippen LogP) is 3.98. The van der Waals surface area contributed by atoms with Gasteiger partial charge in [-0.15, -0.1) is 11.3 Å². The number of thiophene rings is 1. The van der Waals surface area contributed by atoms with Crippen LogP contribution in [0.4, 0.5) is 15.9 Å². The predicted molar refractivity (Wildman–Crippen MR) is 158 cm³/mol. The molecule has 0 radical (unpaired) electrons. The van der Waals surface area contributed by atoms with Gasteiger partial charge in [0.1, 0.15) is 18.2 Å². The van der Waals surface area contributed by atoms with Gasteiger partial charge in [-0.05, 0) is 45.0 Å². The molecule has 2 fully saturated rings. The van der Waals surface area contributed by atoms with Gasteiger partial charge in [-0.2, -0.15) is 15.2 Å². The molecule has 0 bridgehead atoms. The van der Waals surface area contributed by atoms with Crippen LogP contribution in [0, 0.1) is 17.1 Å². The van der Waals surface area contributed by atoms with Gasteiger partial charge in [0.05, 0.1) is 41.2 Å². The largest absolute Gasteiger partial charge is 0.462 e. The number of hydrogen-bond donors (Lipinski definition) is 0. The maximum absolute atomic E-state index is 14.4. The van der Waals surface area contributed by atoms with Crippen LogP contribution in [0.25, 0.3) is 10.1 Å². The third kappa shape index (κ3) is 5.34. The van der Waals surface area contributed by atoms with Crippen molar-refractivity contribution in [2.24, 2.45) is 0 Å². The van der Waals surface area contributed by atoms with Gasteiger partial charge < -0.3 is 24.3 Å². The molecule has 0 unspecified atom stereocenters. The number of carbonyl (C=O) groups excluding carboxylic acids is 1. The second-order valence-electron chi connectivity index (χ2n) is 10.9. The Hall–Kier alpha value is -3.75. The van der Waals surface area contributed by atoms with Crippen molar-refractivity contribution in [2.75, 3.05) is 56.2 Å². The summed E-state index contributed by atoms with van der Waals surface area (Å²) < 4.78 is 21.5. The molecule has 2 atom stereocenters. The fraction of sp³-hybridized carbons (Fsp3) is 0.467. The maximum atomic E-state index is 14.4. The van der Waals surface area contributed by atoms with Crippen molar-refractivity contribution in [1.82, 2.24) is 19.8 Å². The van der Waals surface area contributed by atoms with Gasteiger partial charge in [-0.25, -0.2) is 4.39 Å². The zero-order chi connectivity index (χ0) is 28.5. The minimum absolute atomic E-state index is 0.158. The molecular weight excluding hydrogens is 541 g/mol. The Balaban J connectivity index is 1.33. The number of amides is 1. The van der Waals surface area contributed by atoms with E-state index in [0.29, 0.717) is 50.2 Å². The number of halogens is 1. The van der Waals surface area contributed by atoms with Crippen LogP contribution in [-0.2, 0) is 17.8 Å². The van der Waals surface area contributed by atoms with E-state index in [1.165, 1.54) is 17.4 Å². The number of nitriles is 1. The Kier molecular flexibility index (Phi) is 7.77. The van der Waals surface area contributed by atoms with Gasteiger partial charge in [0.2, 0.25) is 5.91 Å². The third-order valence-electron chi connectivity index (χ3n) is 8.54. The third-order valence-corrected chi connectivity index (χ3v) is 9.53. The lowest BCUT2D eigenvalue weighted by atomic mass is 10.0. The van der Waals surface area contributed by atoms with E-state index in [-0.39, 0.29) is 24.2 Å². The van der Waals surface area contributed by atoms with Crippen LogP contribution in [0.2, 0.25) is 0 Å². The molecule has 2 saturated heterocycles. The van der Waals surface area contributed by atoms with Gasteiger partial charge in [0.25, 0.3) is 0 Å². The number of likely N-dealkylation sites (N-methyl/N-ethyl adjacent to an activating group) is 1. The monoisotopic (exact) mass is 575 g/mol. The Morgan fingerprint density at radius 1 is 1.24 bits per heavy atom. The molecule has 1 aromatic carbocycles. The summed E-state index contributed by atoms with van der Waals surface area (Å²) in [4.78, 5) is 30.8. The first-order valence-corrected chi connectivity index (χ1v) is 15.0. The molecule has 3 aliphatic heterocycles. The first-order valence-electron chi connectivity index (χ1n) is 14.1. The van der Waals surface area contributed by atoms with Crippen LogP contribution in [0.5, 0.6) is 6.01 Å². The molecular formula is C30H34FN7O2S. The van der Waals surface area contributed by atoms with Crippen molar-refractivity contribution in [1.29, 1.82) is 5.26 Å². The van der Waals surface area contributed by atoms with Crippen LogP contribution in [-0.4, -0.2) is 84.1 Å². The summed E-state index contributed by atoms with van der Waals surface area (Å²) in [6.45, 7) is 8.08. The number of piperazine rings is 1. The Morgan fingerprint density at radius 3 is 2.90 bits per heavy atom. The molecule has 3 aliphatic rings. The highest BCUT2D eigenvalue weighted by molar-refractivity contribution is 7.17. The minimum atomic E-state index is -0.257. The number of benzene rings is 1. The molecule has 214 valence electrons. The molecule has 3 aromatic rings. The Bertz CT molecular complexity index is 1500. The minimum Gasteiger partial charge on any atom is -0.462 e. The van der Waals surface area contributed by atoms with Crippen LogP contribution in [0.1, 0.15) is 30.5 Å². The average Bonchev–Trinajstić information content (AvgIpc) is 3.59. The summed E-state index contributed by atoms with van der Waals surface area (Å²) in [5.74, 6) is 0.468. The van der Waals surface area contributed by atoms with Crippen LogP contribution in [0.15, 0.2) is 36.2 Å². The SMILES string of the molecule is C=CC(=O)N1CCN(c2nc(OC[C@@H]3CCCN3C)nc3c2CCN(c2cccc4c(F)csc24)C3)C[C@@H]1CC#N. The summed E-state index contributed by atoms with van der Waals surface area (Å²) in [7, 11) is 2.12. The normalized spacial score (nSPS) is 21.1. The number of ether oxygens (including phenoxy) is 1. The van der Waals surface area contributed by atoms with Crippen molar-refractivity contribution >= 4 is 38.8 Å². The van der Waals surface area contributed by atoms with E-state index >= 15 is 0 Å². The van der Waals surface area contributed by atoms with E-state index in [2.05, 4.69) is 34.4 Å². The first kappa shape index (κ1) is 27.4. The zero-order valence-corrected chi connectivity index (χ0v) is 24.1. The number of rotatable bonds is 7.